The Balaban J connectivity index is 2.01. The van der Waals surface area contributed by atoms with Crippen molar-refractivity contribution in [2.24, 2.45) is 0 Å². The van der Waals surface area contributed by atoms with Crippen LogP contribution in [0, 0.1) is 0 Å². The molecule has 0 saturated heterocycles. The molecule has 0 heterocycles. The standard InChI is InChI=1S/C16H16F3N/c1-12(13-6-3-2-4-7-13)11-20-15-9-5-8-14(10-15)16(17,18)19/h2-10,12,20H,11H2,1H3. The smallest absolute Gasteiger partial charge is 0.384 e. The summed E-state index contributed by atoms with van der Waals surface area (Å²) in [4.78, 5) is 0. The van der Waals surface area contributed by atoms with Gasteiger partial charge in [0, 0.05) is 12.2 Å². The van der Waals surface area contributed by atoms with Gasteiger partial charge in [0.05, 0.1) is 5.56 Å². The molecule has 1 nitrogen and oxygen atoms in total. The number of hydrogen-bond donors (Lipinski definition) is 1. The third-order valence-electron chi connectivity index (χ3n) is 3.17. The van der Waals surface area contributed by atoms with Crippen LogP contribution in [0.4, 0.5) is 18.9 Å². The fraction of sp³-hybridized carbons (Fsp3) is 0.250. The maximum atomic E-state index is 12.6. The summed E-state index contributed by atoms with van der Waals surface area (Å²) >= 11 is 0. The van der Waals surface area contributed by atoms with E-state index in [2.05, 4.69) is 5.32 Å². The van der Waals surface area contributed by atoms with Crippen molar-refractivity contribution in [3.8, 4) is 0 Å². The summed E-state index contributed by atoms with van der Waals surface area (Å²) in [6, 6.07) is 15.1. The Kier molecular flexibility index (Phi) is 4.32. The minimum atomic E-state index is -4.30. The van der Waals surface area contributed by atoms with E-state index in [4.69, 9.17) is 0 Å². The van der Waals surface area contributed by atoms with E-state index >= 15 is 0 Å². The van der Waals surface area contributed by atoms with Crippen LogP contribution in [-0.2, 0) is 6.18 Å². The van der Waals surface area contributed by atoms with Gasteiger partial charge in [0.1, 0.15) is 0 Å². The number of rotatable bonds is 4. The Hall–Kier alpha value is -1.97. The van der Waals surface area contributed by atoms with Crippen molar-refractivity contribution >= 4 is 5.69 Å². The fourth-order valence-electron chi connectivity index (χ4n) is 1.98. The first kappa shape index (κ1) is 14.4. The van der Waals surface area contributed by atoms with E-state index in [0.29, 0.717) is 12.2 Å². The van der Waals surface area contributed by atoms with Crippen molar-refractivity contribution in [2.75, 3.05) is 11.9 Å². The number of benzene rings is 2. The lowest BCUT2D eigenvalue weighted by atomic mass is 10.0. The monoisotopic (exact) mass is 279 g/mol. The fourth-order valence-corrected chi connectivity index (χ4v) is 1.98. The summed E-state index contributed by atoms with van der Waals surface area (Å²) in [6.45, 7) is 2.63. The summed E-state index contributed by atoms with van der Waals surface area (Å²) in [6.07, 6.45) is -4.30. The number of halogens is 3. The Labute approximate surface area is 116 Å². The van der Waals surface area contributed by atoms with E-state index in [0.717, 1.165) is 17.7 Å². The Morgan fingerprint density at radius 2 is 1.70 bits per heavy atom. The second-order valence-corrected chi connectivity index (χ2v) is 4.77. The van der Waals surface area contributed by atoms with Gasteiger partial charge < -0.3 is 5.32 Å². The minimum Gasteiger partial charge on any atom is -0.384 e. The van der Waals surface area contributed by atoms with Crippen molar-refractivity contribution in [1.82, 2.24) is 0 Å². The summed E-state index contributed by atoms with van der Waals surface area (Å²) < 4.78 is 37.8. The Morgan fingerprint density at radius 3 is 2.35 bits per heavy atom. The van der Waals surface area contributed by atoms with Crippen LogP contribution in [0.15, 0.2) is 54.6 Å². The van der Waals surface area contributed by atoms with Gasteiger partial charge in [0.2, 0.25) is 0 Å². The summed E-state index contributed by atoms with van der Waals surface area (Å²) in [5.41, 5.74) is 1.02. The second kappa shape index (κ2) is 5.99. The van der Waals surface area contributed by atoms with Crippen LogP contribution >= 0.6 is 0 Å². The maximum absolute atomic E-state index is 12.6. The van der Waals surface area contributed by atoms with Gasteiger partial charge in [-0.2, -0.15) is 13.2 Å². The number of alkyl halides is 3. The minimum absolute atomic E-state index is 0.228. The number of nitrogens with one attached hydrogen (secondary N) is 1. The van der Waals surface area contributed by atoms with Crippen molar-refractivity contribution < 1.29 is 13.2 Å². The molecule has 0 aliphatic carbocycles. The molecule has 2 aromatic rings. The van der Waals surface area contributed by atoms with E-state index in [1.807, 2.05) is 37.3 Å². The molecule has 1 N–H and O–H groups in total. The highest BCUT2D eigenvalue weighted by Crippen LogP contribution is 2.30. The lowest BCUT2D eigenvalue weighted by molar-refractivity contribution is -0.137. The molecule has 2 rings (SSSR count). The largest absolute Gasteiger partial charge is 0.416 e. The SMILES string of the molecule is CC(CNc1cccc(C(F)(F)F)c1)c1ccccc1. The Morgan fingerprint density at radius 1 is 1.00 bits per heavy atom. The molecule has 0 saturated carbocycles. The van der Waals surface area contributed by atoms with Gasteiger partial charge in [-0.1, -0.05) is 43.3 Å². The molecule has 0 fully saturated rings. The van der Waals surface area contributed by atoms with Gasteiger partial charge in [-0.25, -0.2) is 0 Å². The average molecular weight is 279 g/mol. The highest BCUT2D eigenvalue weighted by atomic mass is 19.4. The average Bonchev–Trinajstić information content (AvgIpc) is 2.45. The van der Waals surface area contributed by atoms with Crippen LogP contribution in [0.5, 0.6) is 0 Å². The lowest BCUT2D eigenvalue weighted by Gasteiger charge is -2.15. The quantitative estimate of drug-likeness (QED) is 0.837. The third-order valence-corrected chi connectivity index (χ3v) is 3.17. The van der Waals surface area contributed by atoms with Gasteiger partial charge in [-0.05, 0) is 29.7 Å². The molecule has 0 spiro atoms. The van der Waals surface area contributed by atoms with Gasteiger partial charge in [0.25, 0.3) is 0 Å². The third kappa shape index (κ3) is 3.76. The molecule has 106 valence electrons. The zero-order valence-corrected chi connectivity index (χ0v) is 11.1. The van der Waals surface area contributed by atoms with Crippen LogP contribution in [0.25, 0.3) is 0 Å². The van der Waals surface area contributed by atoms with E-state index in [1.165, 1.54) is 6.07 Å². The van der Waals surface area contributed by atoms with Crippen molar-refractivity contribution in [3.05, 3.63) is 65.7 Å². The van der Waals surface area contributed by atoms with Crippen LogP contribution < -0.4 is 5.32 Å². The van der Waals surface area contributed by atoms with Gasteiger partial charge in [-0.3, -0.25) is 0 Å². The molecule has 1 atom stereocenters. The van der Waals surface area contributed by atoms with Crippen LogP contribution in [0.2, 0.25) is 0 Å². The molecule has 20 heavy (non-hydrogen) atoms. The van der Waals surface area contributed by atoms with E-state index in [9.17, 15) is 13.2 Å². The van der Waals surface area contributed by atoms with Crippen molar-refractivity contribution in [1.29, 1.82) is 0 Å². The molecule has 2 aromatic carbocycles. The van der Waals surface area contributed by atoms with Gasteiger partial charge in [-0.15, -0.1) is 0 Å². The van der Waals surface area contributed by atoms with Crippen LogP contribution in [0.3, 0.4) is 0 Å². The molecule has 0 aliphatic rings. The number of anilines is 1. The van der Waals surface area contributed by atoms with Crippen LogP contribution in [-0.4, -0.2) is 6.54 Å². The maximum Gasteiger partial charge on any atom is 0.416 e. The van der Waals surface area contributed by atoms with Crippen LogP contribution in [0.1, 0.15) is 24.0 Å². The molecular formula is C16H16F3N. The summed E-state index contributed by atoms with van der Waals surface area (Å²) in [7, 11) is 0. The molecule has 0 aromatic heterocycles. The highest BCUT2D eigenvalue weighted by Gasteiger charge is 2.30. The zero-order valence-electron chi connectivity index (χ0n) is 11.1. The summed E-state index contributed by atoms with van der Waals surface area (Å²) in [5.74, 6) is 0.228. The Bertz CT molecular complexity index is 549. The van der Waals surface area contributed by atoms with E-state index in [-0.39, 0.29) is 5.92 Å². The first-order valence-corrected chi connectivity index (χ1v) is 6.43. The normalized spacial score (nSPS) is 13.0. The molecule has 0 aliphatic heterocycles. The first-order valence-electron chi connectivity index (χ1n) is 6.43. The molecular weight excluding hydrogens is 263 g/mol. The molecule has 0 radical (unpaired) electrons. The predicted octanol–water partition coefficient (Wildman–Crippen LogP) is 4.92. The van der Waals surface area contributed by atoms with E-state index < -0.39 is 11.7 Å². The second-order valence-electron chi connectivity index (χ2n) is 4.77. The zero-order chi connectivity index (χ0) is 14.6. The van der Waals surface area contributed by atoms with E-state index in [1.54, 1.807) is 6.07 Å². The molecule has 0 amide bonds. The first-order chi connectivity index (χ1) is 9.47. The molecule has 0 bridgehead atoms. The number of hydrogen-bond acceptors (Lipinski definition) is 1. The van der Waals surface area contributed by atoms with Gasteiger partial charge in [0.15, 0.2) is 0 Å². The van der Waals surface area contributed by atoms with Crippen molar-refractivity contribution in [3.63, 3.8) is 0 Å². The summed E-state index contributed by atoms with van der Waals surface area (Å²) in [5, 5.41) is 3.06. The highest BCUT2D eigenvalue weighted by molar-refractivity contribution is 5.46. The lowest BCUT2D eigenvalue weighted by Crippen LogP contribution is -2.11. The topological polar surface area (TPSA) is 12.0 Å². The molecule has 4 heteroatoms. The van der Waals surface area contributed by atoms with Crippen molar-refractivity contribution in [2.45, 2.75) is 19.0 Å². The molecule has 1 unspecified atom stereocenters. The van der Waals surface area contributed by atoms with Gasteiger partial charge >= 0.3 is 6.18 Å². The predicted molar refractivity (Wildman–Crippen MR) is 74.8 cm³/mol.